The average molecular weight is 277 g/mol. The number of nitrogens with zero attached hydrogens (tertiary/aromatic N) is 2. The van der Waals surface area contributed by atoms with Gasteiger partial charge in [-0.3, -0.25) is 0 Å². The Balaban J connectivity index is 3.05. The van der Waals surface area contributed by atoms with Crippen molar-refractivity contribution in [2.75, 3.05) is 18.5 Å². The van der Waals surface area contributed by atoms with Gasteiger partial charge in [0.25, 0.3) is 0 Å². The van der Waals surface area contributed by atoms with Crippen LogP contribution in [0.15, 0.2) is 30.3 Å². The van der Waals surface area contributed by atoms with Gasteiger partial charge in [-0.2, -0.15) is 0 Å². The number of hydrogen-bond donors (Lipinski definition) is 1. The molecule has 0 saturated heterocycles. The van der Waals surface area contributed by atoms with Crippen molar-refractivity contribution in [1.82, 2.24) is 10.2 Å². The fraction of sp³-hybridized carbons (Fsp3) is 0.357. The highest BCUT2D eigenvalue weighted by atomic mass is 16.2. The Bertz CT molecular complexity index is 474. The number of urea groups is 2. The lowest BCUT2D eigenvalue weighted by atomic mass is 10.3. The van der Waals surface area contributed by atoms with Crippen LogP contribution in [0, 0.1) is 0 Å². The molecular formula is C14H19N3O3. The molecular weight excluding hydrogens is 258 g/mol. The van der Waals surface area contributed by atoms with E-state index >= 15 is 0 Å². The van der Waals surface area contributed by atoms with Gasteiger partial charge in [-0.25, -0.2) is 14.5 Å². The molecule has 0 aliphatic carbocycles. The first-order valence-corrected chi connectivity index (χ1v) is 6.32. The summed E-state index contributed by atoms with van der Waals surface area (Å²) in [5, 5.41) is 2.38. The van der Waals surface area contributed by atoms with Gasteiger partial charge in [0, 0.05) is 13.1 Å². The number of nitrogens with one attached hydrogen (secondary N) is 1. The second-order valence-electron chi connectivity index (χ2n) is 4.51. The number of rotatable bonds is 4. The third-order valence-electron chi connectivity index (χ3n) is 2.82. The van der Waals surface area contributed by atoms with Crippen LogP contribution in [0.2, 0.25) is 0 Å². The minimum Gasteiger partial charge on any atom is -0.330 e. The second kappa shape index (κ2) is 7.28. The molecule has 6 heteroatoms. The van der Waals surface area contributed by atoms with Crippen LogP contribution >= 0.6 is 0 Å². The maximum Gasteiger partial charge on any atom is 0.332 e. The molecule has 108 valence electrons. The molecule has 0 unspecified atom stereocenters. The normalized spacial score (nSPS) is 10.0. The first-order chi connectivity index (χ1) is 9.49. The van der Waals surface area contributed by atoms with E-state index in [1.165, 1.54) is 4.90 Å². The summed E-state index contributed by atoms with van der Waals surface area (Å²) in [6.45, 7) is 3.57. The van der Waals surface area contributed by atoms with Crippen LogP contribution < -0.4 is 10.2 Å². The number of carbonyl (C=O) groups is 3. The van der Waals surface area contributed by atoms with Gasteiger partial charge in [0.2, 0.25) is 0 Å². The predicted octanol–water partition coefficient (Wildman–Crippen LogP) is 1.86. The van der Waals surface area contributed by atoms with E-state index in [1.54, 1.807) is 37.4 Å². The lowest BCUT2D eigenvalue weighted by Gasteiger charge is -2.29. The fourth-order valence-corrected chi connectivity index (χ4v) is 1.48. The summed E-state index contributed by atoms with van der Waals surface area (Å²) in [4.78, 5) is 37.3. The van der Waals surface area contributed by atoms with Crippen LogP contribution in [0.3, 0.4) is 0 Å². The van der Waals surface area contributed by atoms with E-state index in [4.69, 9.17) is 0 Å². The topological polar surface area (TPSA) is 69.7 Å². The SMILES string of the molecule is CC(C)N(C)C(=O)N(C(=O)NCC=O)c1ccccc1. The number of carbonyl (C=O) groups excluding carboxylic acids is 3. The first kappa shape index (κ1) is 15.7. The number of imide groups is 1. The van der Waals surface area contributed by atoms with Gasteiger partial charge in [0.05, 0.1) is 12.2 Å². The number of para-hydroxylation sites is 1. The molecule has 0 bridgehead atoms. The number of hydrogen-bond acceptors (Lipinski definition) is 3. The highest BCUT2D eigenvalue weighted by Crippen LogP contribution is 2.16. The van der Waals surface area contributed by atoms with Crippen molar-refractivity contribution < 1.29 is 14.4 Å². The highest BCUT2D eigenvalue weighted by molar-refractivity contribution is 6.13. The van der Waals surface area contributed by atoms with Crippen LogP contribution in [0.4, 0.5) is 15.3 Å². The molecule has 0 heterocycles. The van der Waals surface area contributed by atoms with Crippen molar-refractivity contribution in [2.45, 2.75) is 19.9 Å². The lowest BCUT2D eigenvalue weighted by Crippen LogP contribution is -2.51. The summed E-state index contributed by atoms with van der Waals surface area (Å²) >= 11 is 0. The Morgan fingerprint density at radius 1 is 1.25 bits per heavy atom. The Morgan fingerprint density at radius 2 is 1.85 bits per heavy atom. The number of aldehydes is 1. The Kier molecular flexibility index (Phi) is 5.71. The maximum atomic E-state index is 12.4. The van der Waals surface area contributed by atoms with Gasteiger partial charge in [-0.05, 0) is 26.0 Å². The van der Waals surface area contributed by atoms with E-state index in [2.05, 4.69) is 5.32 Å². The Hall–Kier alpha value is -2.37. The van der Waals surface area contributed by atoms with Crippen LogP contribution in [0.5, 0.6) is 0 Å². The van der Waals surface area contributed by atoms with E-state index in [-0.39, 0.29) is 12.6 Å². The van der Waals surface area contributed by atoms with Gasteiger partial charge in [0.1, 0.15) is 6.29 Å². The average Bonchev–Trinajstić information content (AvgIpc) is 2.45. The molecule has 0 fully saturated rings. The van der Waals surface area contributed by atoms with E-state index in [1.807, 2.05) is 13.8 Å². The first-order valence-electron chi connectivity index (χ1n) is 6.32. The van der Waals surface area contributed by atoms with E-state index in [9.17, 15) is 14.4 Å². The summed E-state index contributed by atoms with van der Waals surface area (Å²) in [6.07, 6.45) is 0.567. The summed E-state index contributed by atoms with van der Waals surface area (Å²) in [6, 6.07) is 7.46. The molecule has 0 aliphatic rings. The monoisotopic (exact) mass is 277 g/mol. The van der Waals surface area contributed by atoms with Gasteiger partial charge in [-0.15, -0.1) is 0 Å². The van der Waals surface area contributed by atoms with E-state index in [0.29, 0.717) is 12.0 Å². The van der Waals surface area contributed by atoms with Gasteiger partial charge < -0.3 is 15.0 Å². The molecule has 1 rings (SSSR count). The molecule has 0 aromatic heterocycles. The highest BCUT2D eigenvalue weighted by Gasteiger charge is 2.27. The van der Waals surface area contributed by atoms with Crippen molar-refractivity contribution in [3.05, 3.63) is 30.3 Å². The molecule has 1 aromatic rings. The smallest absolute Gasteiger partial charge is 0.330 e. The molecule has 6 nitrogen and oxygen atoms in total. The molecule has 0 radical (unpaired) electrons. The van der Waals surface area contributed by atoms with E-state index in [0.717, 1.165) is 4.90 Å². The molecule has 0 atom stereocenters. The third kappa shape index (κ3) is 3.81. The fourth-order valence-electron chi connectivity index (χ4n) is 1.48. The number of benzene rings is 1. The Morgan fingerprint density at radius 3 is 2.35 bits per heavy atom. The quantitative estimate of drug-likeness (QED) is 0.854. The molecule has 4 amide bonds. The predicted molar refractivity (Wildman–Crippen MR) is 76.7 cm³/mol. The molecule has 1 aromatic carbocycles. The zero-order chi connectivity index (χ0) is 15.1. The van der Waals surface area contributed by atoms with Crippen molar-refractivity contribution in [1.29, 1.82) is 0 Å². The van der Waals surface area contributed by atoms with Crippen molar-refractivity contribution in [3.8, 4) is 0 Å². The van der Waals surface area contributed by atoms with Crippen LogP contribution in [-0.2, 0) is 4.79 Å². The van der Waals surface area contributed by atoms with Gasteiger partial charge in [0.15, 0.2) is 0 Å². The van der Waals surface area contributed by atoms with Crippen LogP contribution in [0.1, 0.15) is 13.8 Å². The van der Waals surface area contributed by atoms with Crippen molar-refractivity contribution in [3.63, 3.8) is 0 Å². The summed E-state index contributed by atoms with van der Waals surface area (Å²) in [5.41, 5.74) is 0.452. The molecule has 0 aliphatic heterocycles. The Labute approximate surface area is 118 Å². The standard InChI is InChI=1S/C14H19N3O3/c1-11(2)16(3)14(20)17(13(19)15-9-10-18)12-7-5-4-6-8-12/h4-8,10-11H,9H2,1-3H3,(H,15,19). The third-order valence-corrected chi connectivity index (χ3v) is 2.82. The largest absolute Gasteiger partial charge is 0.332 e. The summed E-state index contributed by atoms with van der Waals surface area (Å²) in [7, 11) is 1.62. The molecule has 1 N–H and O–H groups in total. The molecule has 20 heavy (non-hydrogen) atoms. The lowest BCUT2D eigenvalue weighted by molar-refractivity contribution is -0.107. The zero-order valence-electron chi connectivity index (χ0n) is 11.9. The maximum absolute atomic E-state index is 12.4. The van der Waals surface area contributed by atoms with Crippen LogP contribution in [-0.4, -0.2) is 42.9 Å². The summed E-state index contributed by atoms with van der Waals surface area (Å²) < 4.78 is 0. The number of amides is 4. The van der Waals surface area contributed by atoms with Crippen molar-refractivity contribution in [2.24, 2.45) is 0 Å². The minimum absolute atomic E-state index is 0.0485. The molecule has 0 spiro atoms. The van der Waals surface area contributed by atoms with E-state index < -0.39 is 12.1 Å². The second-order valence-corrected chi connectivity index (χ2v) is 4.51. The molecule has 0 saturated carbocycles. The number of anilines is 1. The minimum atomic E-state index is -0.624. The van der Waals surface area contributed by atoms with Crippen LogP contribution in [0.25, 0.3) is 0 Å². The zero-order valence-corrected chi connectivity index (χ0v) is 11.9. The van der Waals surface area contributed by atoms with Gasteiger partial charge >= 0.3 is 12.1 Å². The summed E-state index contributed by atoms with van der Waals surface area (Å²) in [5.74, 6) is 0. The van der Waals surface area contributed by atoms with Crippen molar-refractivity contribution >= 4 is 24.0 Å². The van der Waals surface area contributed by atoms with Gasteiger partial charge in [-0.1, -0.05) is 18.2 Å².